The maximum absolute atomic E-state index is 12.4. The zero-order valence-corrected chi connectivity index (χ0v) is 19.3. The Hall–Kier alpha value is -2.46. The first-order valence-electron chi connectivity index (χ1n) is 11.8. The van der Waals surface area contributed by atoms with Gasteiger partial charge in [-0.3, -0.25) is 9.59 Å². The number of Topliss-reactive ketones (excluding diaryl/α,β-unsaturated/α-hetero) is 2. The van der Waals surface area contributed by atoms with Gasteiger partial charge in [0.1, 0.15) is 0 Å². The van der Waals surface area contributed by atoms with Gasteiger partial charge in [-0.25, -0.2) is 0 Å². The molecule has 4 rings (SSSR count). The maximum Gasteiger partial charge on any atom is 0.176 e. The molecule has 182 valence electrons. The van der Waals surface area contributed by atoms with Crippen molar-refractivity contribution in [1.29, 1.82) is 0 Å². The minimum Gasteiger partial charge on any atom is -0.351 e. The zero-order chi connectivity index (χ0) is 23.6. The summed E-state index contributed by atoms with van der Waals surface area (Å²) >= 11 is 0. The molecule has 0 saturated carbocycles. The fourth-order valence-electron chi connectivity index (χ4n) is 3.82. The minimum atomic E-state index is -0.283. The van der Waals surface area contributed by atoms with E-state index in [1.165, 1.54) is 0 Å². The van der Waals surface area contributed by atoms with Crippen LogP contribution < -0.4 is 10.6 Å². The highest BCUT2D eigenvalue weighted by atomic mass is 16.7. The molecule has 8 nitrogen and oxygen atoms in total. The molecule has 2 aromatic rings. The predicted molar refractivity (Wildman–Crippen MR) is 127 cm³/mol. The van der Waals surface area contributed by atoms with Crippen molar-refractivity contribution in [3.63, 3.8) is 0 Å². The summed E-state index contributed by atoms with van der Waals surface area (Å²) in [7, 11) is 0. The molecule has 0 atom stereocenters. The van der Waals surface area contributed by atoms with Crippen molar-refractivity contribution in [1.82, 2.24) is 10.6 Å². The molecule has 0 bridgehead atoms. The van der Waals surface area contributed by atoms with E-state index in [0.717, 1.165) is 24.0 Å². The van der Waals surface area contributed by atoms with Crippen molar-refractivity contribution in [3.8, 4) is 11.1 Å². The standard InChI is InChI=1S/C26H32N2O6/c29-23(15-27-17-25-31-11-1-12-32-25)21-7-3-19(4-8-21)20-5-9-22(10-6-20)24(30)16-28-18-26-33-13-2-14-34-26/h3-10,25-28H,1-2,11-18H2. The Morgan fingerprint density at radius 1 is 0.618 bits per heavy atom. The van der Waals surface area contributed by atoms with Crippen LogP contribution in [0.1, 0.15) is 33.6 Å². The molecule has 0 amide bonds. The van der Waals surface area contributed by atoms with E-state index < -0.39 is 0 Å². The summed E-state index contributed by atoms with van der Waals surface area (Å²) in [6, 6.07) is 15.0. The van der Waals surface area contributed by atoms with Gasteiger partial charge in [0.05, 0.1) is 39.5 Å². The highest BCUT2D eigenvalue weighted by molar-refractivity contribution is 5.99. The molecule has 0 aromatic heterocycles. The first-order chi connectivity index (χ1) is 16.7. The van der Waals surface area contributed by atoms with E-state index in [9.17, 15) is 9.59 Å². The van der Waals surface area contributed by atoms with Gasteiger partial charge in [0.15, 0.2) is 24.1 Å². The molecule has 2 aliphatic rings. The molecular formula is C26H32N2O6. The first kappa shape index (κ1) is 24.7. The largest absolute Gasteiger partial charge is 0.351 e. The Morgan fingerprint density at radius 3 is 1.32 bits per heavy atom. The number of benzene rings is 2. The summed E-state index contributed by atoms with van der Waals surface area (Å²) in [5.41, 5.74) is 3.26. The van der Waals surface area contributed by atoms with Crippen LogP contribution >= 0.6 is 0 Å². The predicted octanol–water partition coefficient (Wildman–Crippen LogP) is 2.42. The molecule has 0 spiro atoms. The van der Waals surface area contributed by atoms with Crippen LogP contribution in [-0.2, 0) is 18.9 Å². The summed E-state index contributed by atoms with van der Waals surface area (Å²) < 4.78 is 21.9. The summed E-state index contributed by atoms with van der Waals surface area (Å²) in [5, 5.41) is 6.20. The lowest BCUT2D eigenvalue weighted by Crippen LogP contribution is -2.37. The van der Waals surface area contributed by atoms with Gasteiger partial charge in [-0.15, -0.1) is 0 Å². The second-order valence-electron chi connectivity index (χ2n) is 8.31. The quantitative estimate of drug-likeness (QED) is 0.486. The van der Waals surface area contributed by atoms with Gasteiger partial charge in [0, 0.05) is 24.2 Å². The van der Waals surface area contributed by atoms with Gasteiger partial charge in [-0.05, 0) is 24.0 Å². The molecule has 0 radical (unpaired) electrons. The topological polar surface area (TPSA) is 95.1 Å². The molecule has 2 aliphatic heterocycles. The van der Waals surface area contributed by atoms with E-state index in [4.69, 9.17) is 18.9 Å². The molecule has 2 fully saturated rings. The molecule has 0 aliphatic carbocycles. The van der Waals surface area contributed by atoms with Crippen molar-refractivity contribution in [3.05, 3.63) is 59.7 Å². The van der Waals surface area contributed by atoms with Gasteiger partial charge in [-0.1, -0.05) is 48.5 Å². The first-order valence-corrected chi connectivity index (χ1v) is 11.8. The number of hydrogen-bond donors (Lipinski definition) is 2. The van der Waals surface area contributed by atoms with E-state index in [0.29, 0.717) is 50.6 Å². The highest BCUT2D eigenvalue weighted by Crippen LogP contribution is 2.21. The molecule has 2 aromatic carbocycles. The monoisotopic (exact) mass is 468 g/mol. The van der Waals surface area contributed by atoms with Gasteiger partial charge in [-0.2, -0.15) is 0 Å². The van der Waals surface area contributed by atoms with Crippen molar-refractivity contribution in [2.24, 2.45) is 0 Å². The van der Waals surface area contributed by atoms with Crippen molar-refractivity contribution < 1.29 is 28.5 Å². The second kappa shape index (κ2) is 12.9. The van der Waals surface area contributed by atoms with Gasteiger partial charge >= 0.3 is 0 Å². The molecule has 34 heavy (non-hydrogen) atoms. The third-order valence-corrected chi connectivity index (χ3v) is 5.73. The lowest BCUT2D eigenvalue weighted by atomic mass is 10.0. The number of carbonyl (C=O) groups excluding carboxylic acids is 2. The van der Waals surface area contributed by atoms with Crippen LogP contribution in [-0.4, -0.2) is 76.8 Å². The van der Waals surface area contributed by atoms with Crippen LogP contribution in [0.4, 0.5) is 0 Å². The van der Waals surface area contributed by atoms with Crippen molar-refractivity contribution >= 4 is 11.6 Å². The van der Waals surface area contributed by atoms with Gasteiger partial charge in [0.2, 0.25) is 0 Å². The number of rotatable bonds is 11. The molecule has 0 unspecified atom stereocenters. The summed E-state index contributed by atoms with van der Waals surface area (Å²) in [6.45, 7) is 4.22. The molecule has 2 N–H and O–H groups in total. The van der Waals surface area contributed by atoms with E-state index in [1.807, 2.05) is 48.5 Å². The van der Waals surface area contributed by atoms with E-state index in [-0.39, 0.29) is 37.2 Å². The number of nitrogens with one attached hydrogen (secondary N) is 2. The Balaban J connectivity index is 1.22. The minimum absolute atomic E-state index is 0.0137. The Bertz CT molecular complexity index is 842. The number of hydrogen-bond acceptors (Lipinski definition) is 8. The van der Waals surface area contributed by atoms with Crippen LogP contribution in [0.15, 0.2) is 48.5 Å². The van der Waals surface area contributed by atoms with E-state index >= 15 is 0 Å². The van der Waals surface area contributed by atoms with Crippen LogP contribution in [0.2, 0.25) is 0 Å². The second-order valence-corrected chi connectivity index (χ2v) is 8.31. The van der Waals surface area contributed by atoms with Crippen LogP contribution in [0, 0.1) is 0 Å². The molecule has 2 saturated heterocycles. The Morgan fingerprint density at radius 2 is 0.971 bits per heavy atom. The third kappa shape index (κ3) is 7.27. The Labute approximate surface area is 199 Å². The number of carbonyl (C=O) groups is 2. The zero-order valence-electron chi connectivity index (χ0n) is 19.3. The average Bonchev–Trinajstić information content (AvgIpc) is 2.90. The summed E-state index contributed by atoms with van der Waals surface area (Å²) in [5.74, 6) is 0.0275. The molecule has 8 heteroatoms. The number of ether oxygens (including phenoxy) is 4. The Kier molecular flexibility index (Phi) is 9.32. The molecule has 2 heterocycles. The highest BCUT2D eigenvalue weighted by Gasteiger charge is 2.16. The number of ketones is 2. The fourth-order valence-corrected chi connectivity index (χ4v) is 3.82. The van der Waals surface area contributed by atoms with Crippen molar-refractivity contribution in [2.75, 3.05) is 52.6 Å². The van der Waals surface area contributed by atoms with Crippen molar-refractivity contribution in [2.45, 2.75) is 25.4 Å². The SMILES string of the molecule is O=C(CNCC1OCCCO1)c1ccc(-c2ccc(C(=O)CNCC3OCCCO3)cc2)cc1. The average molecular weight is 469 g/mol. The normalized spacial score (nSPS) is 17.5. The van der Waals surface area contributed by atoms with Crippen LogP contribution in [0.3, 0.4) is 0 Å². The third-order valence-electron chi connectivity index (χ3n) is 5.73. The van der Waals surface area contributed by atoms with Gasteiger partial charge in [0.25, 0.3) is 0 Å². The lowest BCUT2D eigenvalue weighted by Gasteiger charge is -2.23. The van der Waals surface area contributed by atoms with Crippen LogP contribution in [0.5, 0.6) is 0 Å². The summed E-state index contributed by atoms with van der Waals surface area (Å²) in [6.07, 6.45) is 1.25. The van der Waals surface area contributed by atoms with Gasteiger partial charge < -0.3 is 29.6 Å². The lowest BCUT2D eigenvalue weighted by molar-refractivity contribution is -0.175. The molecular weight excluding hydrogens is 436 g/mol. The van der Waals surface area contributed by atoms with Crippen LogP contribution in [0.25, 0.3) is 11.1 Å². The van der Waals surface area contributed by atoms with E-state index in [1.54, 1.807) is 0 Å². The summed E-state index contributed by atoms with van der Waals surface area (Å²) in [4.78, 5) is 24.9. The smallest absolute Gasteiger partial charge is 0.176 e. The maximum atomic E-state index is 12.4. The fraction of sp³-hybridized carbons (Fsp3) is 0.462. The van der Waals surface area contributed by atoms with E-state index in [2.05, 4.69) is 10.6 Å².